The van der Waals surface area contributed by atoms with Gasteiger partial charge >= 0.3 is 0 Å². The fourth-order valence-electron chi connectivity index (χ4n) is 2.43. The van der Waals surface area contributed by atoms with Crippen LogP contribution in [0.3, 0.4) is 0 Å². The summed E-state index contributed by atoms with van der Waals surface area (Å²) < 4.78 is 1.67. The predicted molar refractivity (Wildman–Crippen MR) is 98.7 cm³/mol. The molecule has 0 radical (unpaired) electrons. The molecule has 124 valence electrons. The highest BCUT2D eigenvalue weighted by atomic mass is 79.9. The number of hydrogen-bond acceptors (Lipinski definition) is 4. The van der Waals surface area contributed by atoms with Gasteiger partial charge in [-0.25, -0.2) is 9.97 Å². The highest BCUT2D eigenvalue weighted by Gasteiger charge is 2.21. The number of fused-ring (bicyclic) bond motifs is 1. The summed E-state index contributed by atoms with van der Waals surface area (Å²) in [6.45, 7) is 4.57. The van der Waals surface area contributed by atoms with Crippen molar-refractivity contribution in [3.8, 4) is 0 Å². The molecule has 24 heavy (non-hydrogen) atoms. The van der Waals surface area contributed by atoms with E-state index in [2.05, 4.69) is 44.7 Å². The van der Waals surface area contributed by atoms with Crippen LogP contribution in [0.4, 0.5) is 0 Å². The minimum absolute atomic E-state index is 0.0768. The molecule has 1 atom stereocenters. The molecule has 3 rings (SSSR count). The van der Waals surface area contributed by atoms with Gasteiger partial charge in [-0.05, 0) is 23.1 Å². The number of rotatable bonds is 4. The van der Waals surface area contributed by atoms with Crippen LogP contribution in [0.2, 0.25) is 5.28 Å². The minimum atomic E-state index is -0.166. The van der Waals surface area contributed by atoms with Crippen LogP contribution in [0.1, 0.15) is 30.1 Å². The molecular weight excluding hydrogens is 392 g/mol. The molecule has 0 aliphatic heterocycles. The lowest BCUT2D eigenvalue weighted by Crippen LogP contribution is -2.28. The van der Waals surface area contributed by atoms with E-state index in [0.717, 1.165) is 5.56 Å². The Morgan fingerprint density at radius 3 is 2.58 bits per heavy atom. The van der Waals surface area contributed by atoms with Gasteiger partial charge in [-0.15, -0.1) is 0 Å². The van der Waals surface area contributed by atoms with E-state index in [1.54, 1.807) is 4.57 Å². The van der Waals surface area contributed by atoms with Crippen LogP contribution >= 0.6 is 27.5 Å². The van der Waals surface area contributed by atoms with E-state index in [1.165, 1.54) is 6.20 Å². The smallest absolute Gasteiger partial charge is 0.264 e. The van der Waals surface area contributed by atoms with Gasteiger partial charge < -0.3 is 0 Å². The van der Waals surface area contributed by atoms with E-state index in [1.807, 2.05) is 30.3 Å². The quantitative estimate of drug-likeness (QED) is 0.485. The van der Waals surface area contributed by atoms with E-state index in [9.17, 15) is 4.79 Å². The highest BCUT2D eigenvalue weighted by Crippen LogP contribution is 2.29. The van der Waals surface area contributed by atoms with Crippen LogP contribution in [-0.4, -0.2) is 19.5 Å². The van der Waals surface area contributed by atoms with E-state index < -0.39 is 0 Å². The van der Waals surface area contributed by atoms with Gasteiger partial charge in [0.15, 0.2) is 5.65 Å². The first kappa shape index (κ1) is 17.0. The molecule has 0 aliphatic rings. The molecular formula is C17H16BrClN4O. The molecule has 2 heterocycles. The third-order valence-electron chi connectivity index (χ3n) is 3.73. The number of hydrogen-bond donors (Lipinski definition) is 0. The van der Waals surface area contributed by atoms with Crippen molar-refractivity contribution in [3.63, 3.8) is 0 Å². The Morgan fingerprint density at radius 1 is 1.21 bits per heavy atom. The van der Waals surface area contributed by atoms with Gasteiger partial charge in [0.25, 0.3) is 5.56 Å². The molecule has 1 unspecified atom stereocenters. The second kappa shape index (κ2) is 6.99. The number of halogens is 2. The largest absolute Gasteiger partial charge is 0.291 e. The van der Waals surface area contributed by atoms with Gasteiger partial charge in [-0.3, -0.25) is 9.36 Å². The molecule has 0 N–H and O–H groups in total. The second-order valence-corrected chi connectivity index (χ2v) is 7.19. The summed E-state index contributed by atoms with van der Waals surface area (Å²) in [6.07, 6.45) is 1.43. The van der Waals surface area contributed by atoms with Crippen molar-refractivity contribution >= 4 is 38.6 Å². The van der Waals surface area contributed by atoms with Gasteiger partial charge in [0.1, 0.15) is 11.2 Å². The summed E-state index contributed by atoms with van der Waals surface area (Å²) in [5.41, 5.74) is 1.19. The zero-order valence-electron chi connectivity index (χ0n) is 13.3. The van der Waals surface area contributed by atoms with E-state index in [0.29, 0.717) is 23.4 Å². The van der Waals surface area contributed by atoms with Crippen molar-refractivity contribution < 1.29 is 0 Å². The first-order chi connectivity index (χ1) is 11.5. The Hall–Kier alpha value is -1.79. The fraction of sp³-hybridized carbons (Fsp3) is 0.294. The molecule has 0 saturated heterocycles. The van der Waals surface area contributed by atoms with Crippen molar-refractivity contribution in [2.45, 2.75) is 25.2 Å². The maximum atomic E-state index is 13.0. The Bertz CT molecular complexity index is 927. The number of aromatic nitrogens is 4. The van der Waals surface area contributed by atoms with Crippen molar-refractivity contribution in [2.75, 3.05) is 0 Å². The van der Waals surface area contributed by atoms with Crippen LogP contribution in [0.5, 0.6) is 0 Å². The molecule has 0 bridgehead atoms. The molecule has 0 fully saturated rings. The van der Waals surface area contributed by atoms with Crippen molar-refractivity contribution in [2.24, 2.45) is 5.92 Å². The zero-order valence-corrected chi connectivity index (χ0v) is 15.6. The van der Waals surface area contributed by atoms with Crippen molar-refractivity contribution in [3.05, 3.63) is 63.6 Å². The maximum Gasteiger partial charge on any atom is 0.264 e. The SMILES string of the molecule is CC(C)C(Br)c1nc2nc(Cl)ncc2c(=O)n1Cc1ccccc1. The summed E-state index contributed by atoms with van der Waals surface area (Å²) >= 11 is 9.51. The third kappa shape index (κ3) is 3.35. The first-order valence-electron chi connectivity index (χ1n) is 7.58. The number of benzene rings is 1. The molecule has 3 aromatic rings. The third-order valence-corrected chi connectivity index (χ3v) is 5.38. The van der Waals surface area contributed by atoms with Crippen LogP contribution in [-0.2, 0) is 6.54 Å². The second-order valence-electron chi connectivity index (χ2n) is 5.87. The predicted octanol–water partition coefficient (Wildman–Crippen LogP) is 3.98. The van der Waals surface area contributed by atoms with Crippen LogP contribution in [0.25, 0.3) is 11.0 Å². The monoisotopic (exact) mass is 406 g/mol. The van der Waals surface area contributed by atoms with E-state index >= 15 is 0 Å². The van der Waals surface area contributed by atoms with Crippen LogP contribution < -0.4 is 5.56 Å². The zero-order chi connectivity index (χ0) is 17.3. The Balaban J connectivity index is 2.24. The average molecular weight is 408 g/mol. The topological polar surface area (TPSA) is 60.7 Å². The Morgan fingerprint density at radius 2 is 1.92 bits per heavy atom. The van der Waals surface area contributed by atoms with Gasteiger partial charge in [0.05, 0.1) is 11.4 Å². The Kier molecular flexibility index (Phi) is 4.96. The summed E-state index contributed by atoms with van der Waals surface area (Å²) in [5.74, 6) is 0.898. The summed E-state index contributed by atoms with van der Waals surface area (Å²) in [4.78, 5) is 25.5. The molecule has 0 spiro atoms. The first-order valence-corrected chi connectivity index (χ1v) is 8.87. The minimum Gasteiger partial charge on any atom is -0.291 e. The van der Waals surface area contributed by atoms with Crippen molar-refractivity contribution in [1.82, 2.24) is 19.5 Å². The molecule has 0 aliphatic carbocycles. The standard InChI is InChI=1S/C17H16BrClN4O/c1-10(2)13(18)15-21-14-12(8-20-17(19)22-14)16(24)23(15)9-11-6-4-3-5-7-11/h3-8,10,13H,9H2,1-2H3. The van der Waals surface area contributed by atoms with E-state index in [-0.39, 0.29) is 21.6 Å². The lowest BCUT2D eigenvalue weighted by Gasteiger charge is -2.19. The summed E-state index contributed by atoms with van der Waals surface area (Å²) in [7, 11) is 0. The van der Waals surface area contributed by atoms with Crippen LogP contribution in [0, 0.1) is 5.92 Å². The molecule has 7 heteroatoms. The number of nitrogens with zero attached hydrogens (tertiary/aromatic N) is 4. The Labute approximate surface area is 152 Å². The van der Waals surface area contributed by atoms with Gasteiger partial charge in [-0.2, -0.15) is 4.98 Å². The molecule has 2 aromatic heterocycles. The van der Waals surface area contributed by atoms with Gasteiger partial charge in [0.2, 0.25) is 5.28 Å². The van der Waals surface area contributed by atoms with Gasteiger partial charge in [0, 0.05) is 6.20 Å². The van der Waals surface area contributed by atoms with Crippen LogP contribution in [0.15, 0.2) is 41.3 Å². The molecule has 1 aromatic carbocycles. The number of alkyl halides is 1. The van der Waals surface area contributed by atoms with Crippen molar-refractivity contribution in [1.29, 1.82) is 0 Å². The lowest BCUT2D eigenvalue weighted by molar-refractivity contribution is 0.568. The lowest BCUT2D eigenvalue weighted by atomic mass is 10.1. The van der Waals surface area contributed by atoms with E-state index in [4.69, 9.17) is 11.6 Å². The summed E-state index contributed by atoms with van der Waals surface area (Å²) in [5, 5.41) is 0.444. The normalized spacial score (nSPS) is 12.7. The average Bonchev–Trinajstić information content (AvgIpc) is 2.57. The summed E-state index contributed by atoms with van der Waals surface area (Å²) in [6, 6.07) is 9.81. The highest BCUT2D eigenvalue weighted by molar-refractivity contribution is 9.09. The maximum absolute atomic E-state index is 13.0. The molecule has 5 nitrogen and oxygen atoms in total. The molecule has 0 saturated carbocycles. The molecule has 0 amide bonds. The van der Waals surface area contributed by atoms with Gasteiger partial charge in [-0.1, -0.05) is 60.1 Å². The fourth-order valence-corrected chi connectivity index (χ4v) is 2.91.